The normalized spacial score (nSPS) is 14.7. The molecule has 0 aromatic heterocycles. The van der Waals surface area contributed by atoms with Crippen molar-refractivity contribution in [3.63, 3.8) is 0 Å². The number of hydrogen-bond acceptors (Lipinski definition) is 15. The Balaban J connectivity index is 5.45. The Morgan fingerprint density at radius 1 is 0.274 bits per heavy atom. The molecule has 0 aliphatic rings. The number of esters is 4. The Hall–Kier alpha value is -5.58. The molecular formula is C87H142O17P2. The molecule has 5 atom stereocenters. The smallest absolute Gasteiger partial charge is 0.462 e. The lowest BCUT2D eigenvalue weighted by Crippen LogP contribution is -2.30. The average Bonchev–Trinajstić information content (AvgIpc) is 0.933. The summed E-state index contributed by atoms with van der Waals surface area (Å²) in [5.41, 5.74) is 0. The van der Waals surface area contributed by atoms with Gasteiger partial charge in [0.15, 0.2) is 12.2 Å². The summed E-state index contributed by atoms with van der Waals surface area (Å²) in [6.07, 6.45) is 92.0. The number of aliphatic hydroxyl groups is 1. The van der Waals surface area contributed by atoms with Crippen LogP contribution in [0, 0.1) is 0 Å². The van der Waals surface area contributed by atoms with Gasteiger partial charge in [0.05, 0.1) is 26.4 Å². The van der Waals surface area contributed by atoms with Crippen molar-refractivity contribution in [3.8, 4) is 0 Å². The van der Waals surface area contributed by atoms with Gasteiger partial charge in [-0.2, -0.15) is 0 Å². The van der Waals surface area contributed by atoms with Gasteiger partial charge < -0.3 is 33.8 Å². The van der Waals surface area contributed by atoms with Crippen LogP contribution >= 0.6 is 15.6 Å². The van der Waals surface area contributed by atoms with Crippen LogP contribution < -0.4 is 0 Å². The topological polar surface area (TPSA) is 237 Å². The molecule has 0 aromatic carbocycles. The van der Waals surface area contributed by atoms with Crippen LogP contribution in [0.4, 0.5) is 0 Å². The lowest BCUT2D eigenvalue weighted by Gasteiger charge is -2.21. The van der Waals surface area contributed by atoms with Gasteiger partial charge >= 0.3 is 39.5 Å². The number of unbranched alkanes of at least 4 members (excludes halogenated alkanes) is 20. The fraction of sp³-hybridized carbons (Fsp3) is 0.632. The zero-order chi connectivity index (χ0) is 77.4. The molecule has 0 amide bonds. The molecule has 0 aliphatic heterocycles. The highest BCUT2D eigenvalue weighted by Crippen LogP contribution is 2.45. The number of phosphoric ester groups is 2. The van der Waals surface area contributed by atoms with E-state index in [0.717, 1.165) is 193 Å². The van der Waals surface area contributed by atoms with Crippen molar-refractivity contribution >= 4 is 39.5 Å². The molecule has 17 nitrogen and oxygen atoms in total. The van der Waals surface area contributed by atoms with Gasteiger partial charge in [0.1, 0.15) is 19.3 Å². The SMILES string of the molecule is CC/C=C\C/C=C\C/C=C\C/C=C\C/C=C\C/C=C\CCC(=O)OCC(COP(=O)(O)OCC(O)COP(=O)(O)OCC(COC(=O)CCCCCCCC/C=C\C/C=C\C/C=C\C/C=C\CC)OC(=O)CCCCCCC/C=C\C/C=C\CCC)OC(=O)CCCCCCC/C=C\C/C=C\CCCCC. The zero-order valence-corrected chi connectivity index (χ0v) is 67.6. The molecule has 0 heterocycles. The zero-order valence-electron chi connectivity index (χ0n) is 65.8. The average molecular weight is 1520 g/mol. The Labute approximate surface area is 642 Å². The molecule has 0 fully saturated rings. The molecule has 19 heteroatoms. The fourth-order valence-corrected chi connectivity index (χ4v) is 11.6. The predicted molar refractivity (Wildman–Crippen MR) is 436 cm³/mol. The third kappa shape index (κ3) is 76.6. The van der Waals surface area contributed by atoms with Gasteiger partial charge in [0.25, 0.3) is 0 Å². The highest BCUT2D eigenvalue weighted by molar-refractivity contribution is 7.47. The van der Waals surface area contributed by atoms with Gasteiger partial charge in [0.2, 0.25) is 0 Å². The summed E-state index contributed by atoms with van der Waals surface area (Å²) in [5, 5.41) is 10.6. The second-order valence-electron chi connectivity index (χ2n) is 26.2. The maximum absolute atomic E-state index is 13.1. The molecule has 106 heavy (non-hydrogen) atoms. The predicted octanol–water partition coefficient (Wildman–Crippen LogP) is 23.8. The summed E-state index contributed by atoms with van der Waals surface area (Å²) in [7, 11) is -10.0. The number of phosphoric acid groups is 2. The van der Waals surface area contributed by atoms with E-state index in [9.17, 15) is 43.2 Å². The van der Waals surface area contributed by atoms with E-state index in [1.165, 1.54) is 19.3 Å². The summed E-state index contributed by atoms with van der Waals surface area (Å²) in [6.45, 7) is 4.41. The Bertz CT molecular complexity index is 2680. The fourth-order valence-electron chi connectivity index (χ4n) is 10.1. The molecule has 0 aromatic rings. The van der Waals surface area contributed by atoms with E-state index in [0.29, 0.717) is 32.1 Å². The van der Waals surface area contributed by atoms with Crippen LogP contribution in [0.25, 0.3) is 0 Å². The van der Waals surface area contributed by atoms with Crippen LogP contribution in [0.15, 0.2) is 170 Å². The van der Waals surface area contributed by atoms with Crippen LogP contribution in [0.2, 0.25) is 0 Å². The standard InChI is InChI=1S/C87H142O17P2/c1-5-9-13-17-21-25-29-33-36-38-40-42-45-48-51-55-59-63-67-71-84(89)97-77-82(103-86(91)73-69-65-61-57-53-47-32-28-24-20-16-12-8-4)79-101-105(93,94)99-75-81(88)76-100-106(95,96)102-80-83(104-87(92)74-70-66-62-58-54-50-44-35-31-27-23-19-15-11-7-3)78-98-85(90)72-68-64-60-56-52-49-46-43-41-39-37-34-30-26-22-18-14-10-6-2/h9-10,13-14,16,20-23,25-28,32-37,40-44,49,52,60,64,81-83,88H,5-8,11-12,15,17-19,24,29-31,38-39,45-48,50-51,53-59,61-63,65-80H2,1-4H3,(H,93,94)(H,95,96)/b13-9-,14-10-,20-16-,25-21-,26-22-,27-23-,32-28-,36-33-,37-34-,42-40-,43-41-,44-35-,52-49-,64-60-. The maximum Gasteiger partial charge on any atom is 0.472 e. The molecule has 0 aliphatic carbocycles. The number of carbonyl (C=O) groups excluding carboxylic acids is 4. The molecular weight excluding hydrogens is 1380 g/mol. The van der Waals surface area contributed by atoms with E-state index in [1.807, 2.05) is 18.2 Å². The monoisotopic (exact) mass is 1520 g/mol. The van der Waals surface area contributed by atoms with Gasteiger partial charge in [-0.3, -0.25) is 37.3 Å². The molecule has 0 rings (SSSR count). The van der Waals surface area contributed by atoms with Crippen LogP contribution in [-0.4, -0.2) is 96.7 Å². The van der Waals surface area contributed by atoms with E-state index in [2.05, 4.69) is 180 Å². The molecule has 0 radical (unpaired) electrons. The number of aliphatic hydroxyl groups excluding tert-OH is 1. The van der Waals surface area contributed by atoms with Crippen molar-refractivity contribution in [3.05, 3.63) is 170 Å². The Morgan fingerprint density at radius 2 is 0.528 bits per heavy atom. The maximum atomic E-state index is 13.1. The molecule has 0 spiro atoms. The molecule has 0 saturated carbocycles. The van der Waals surface area contributed by atoms with Crippen molar-refractivity contribution in [1.29, 1.82) is 0 Å². The van der Waals surface area contributed by atoms with E-state index in [4.69, 9.17) is 37.0 Å². The molecule has 0 saturated heterocycles. The number of hydrogen-bond donors (Lipinski definition) is 3. The largest absolute Gasteiger partial charge is 0.472 e. The van der Waals surface area contributed by atoms with Gasteiger partial charge in [-0.15, -0.1) is 0 Å². The third-order valence-electron chi connectivity index (χ3n) is 16.1. The summed E-state index contributed by atoms with van der Waals surface area (Å²) < 4.78 is 68.5. The van der Waals surface area contributed by atoms with E-state index < -0.39 is 97.5 Å². The Kier molecular flexibility index (Phi) is 73.5. The van der Waals surface area contributed by atoms with Crippen LogP contribution in [-0.2, 0) is 65.4 Å². The molecule has 602 valence electrons. The van der Waals surface area contributed by atoms with Crippen LogP contribution in [0.3, 0.4) is 0 Å². The highest BCUT2D eigenvalue weighted by Gasteiger charge is 2.30. The van der Waals surface area contributed by atoms with Crippen molar-refractivity contribution in [2.75, 3.05) is 39.6 Å². The van der Waals surface area contributed by atoms with Gasteiger partial charge in [-0.1, -0.05) is 281 Å². The molecule has 5 unspecified atom stereocenters. The number of carbonyl (C=O) groups is 4. The quantitative estimate of drug-likeness (QED) is 0.0169. The minimum atomic E-state index is -5.01. The number of allylic oxidation sites excluding steroid dienone is 28. The van der Waals surface area contributed by atoms with E-state index in [-0.39, 0.29) is 25.7 Å². The van der Waals surface area contributed by atoms with Crippen LogP contribution in [0.1, 0.15) is 297 Å². The first kappa shape index (κ1) is 100. The number of ether oxygens (including phenoxy) is 4. The van der Waals surface area contributed by atoms with Crippen molar-refractivity contribution in [1.82, 2.24) is 0 Å². The second kappa shape index (κ2) is 77.6. The van der Waals surface area contributed by atoms with Gasteiger partial charge in [-0.05, 0) is 161 Å². The third-order valence-corrected chi connectivity index (χ3v) is 18.0. The first-order chi connectivity index (χ1) is 51.7. The minimum absolute atomic E-state index is 0.0275. The highest BCUT2D eigenvalue weighted by atomic mass is 31.2. The van der Waals surface area contributed by atoms with Crippen molar-refractivity contribution in [2.24, 2.45) is 0 Å². The van der Waals surface area contributed by atoms with E-state index in [1.54, 1.807) is 0 Å². The first-order valence-electron chi connectivity index (χ1n) is 40.4. The lowest BCUT2D eigenvalue weighted by molar-refractivity contribution is -0.161. The summed E-state index contributed by atoms with van der Waals surface area (Å²) in [6, 6.07) is 0. The number of rotatable bonds is 74. The lowest BCUT2D eigenvalue weighted by atomic mass is 10.1. The summed E-state index contributed by atoms with van der Waals surface area (Å²) >= 11 is 0. The van der Waals surface area contributed by atoms with E-state index >= 15 is 0 Å². The van der Waals surface area contributed by atoms with Crippen molar-refractivity contribution < 1.29 is 80.2 Å². The molecule has 0 bridgehead atoms. The summed E-state index contributed by atoms with van der Waals surface area (Å²) in [5.74, 6) is -2.33. The van der Waals surface area contributed by atoms with Crippen molar-refractivity contribution in [2.45, 2.75) is 316 Å². The second-order valence-corrected chi connectivity index (χ2v) is 29.1. The Morgan fingerprint density at radius 3 is 0.849 bits per heavy atom. The minimum Gasteiger partial charge on any atom is -0.462 e. The first-order valence-corrected chi connectivity index (χ1v) is 43.4. The van der Waals surface area contributed by atoms with Gasteiger partial charge in [0, 0.05) is 25.7 Å². The molecule has 3 N–H and O–H groups in total. The summed E-state index contributed by atoms with van der Waals surface area (Å²) in [4.78, 5) is 73.0. The van der Waals surface area contributed by atoms with Gasteiger partial charge in [-0.25, -0.2) is 9.13 Å². The van der Waals surface area contributed by atoms with Crippen LogP contribution in [0.5, 0.6) is 0 Å².